The Hall–Kier alpha value is -1.22. The molecule has 1 aliphatic carbocycles. The van der Waals surface area contributed by atoms with Gasteiger partial charge in [0.05, 0.1) is 5.25 Å². The maximum atomic E-state index is 12.3. The summed E-state index contributed by atoms with van der Waals surface area (Å²) in [6.07, 6.45) is 0.111. The zero-order valence-electron chi connectivity index (χ0n) is 11.4. The topological polar surface area (TPSA) is 57.7 Å². The molecule has 1 aliphatic heterocycles. The summed E-state index contributed by atoms with van der Waals surface area (Å²) in [5, 5.41) is -0.786. The molecule has 1 atom stereocenters. The maximum Gasteiger partial charge on any atom is 0.471 e. The van der Waals surface area contributed by atoms with Gasteiger partial charge in [-0.25, -0.2) is 8.42 Å². The van der Waals surface area contributed by atoms with Crippen LogP contribution in [0, 0.1) is 0 Å². The number of carbonyl (C=O) groups is 1. The number of nitrogens with zero attached hydrogens (tertiary/aromatic N) is 2. The highest BCUT2D eigenvalue weighted by molar-refractivity contribution is 8.14. The number of hydrogen-bond acceptors (Lipinski definition) is 4. The molecule has 0 aromatic rings. The average molecular weight is 359 g/mol. The molecule has 2 aliphatic rings. The van der Waals surface area contributed by atoms with Gasteiger partial charge < -0.3 is 9.80 Å². The molecule has 0 saturated carbocycles. The fraction of sp³-hybridized carbons (Fsp3) is 0.583. The van der Waals surface area contributed by atoms with E-state index in [0.29, 0.717) is 0 Å². The second-order valence-electron chi connectivity index (χ2n) is 5.01. The molecule has 124 valence electrons. The molecule has 1 fully saturated rings. The molecule has 0 N–H and O–H groups in total. The number of allylic oxidation sites excluding steroid dienone is 2. The van der Waals surface area contributed by atoms with Gasteiger partial charge in [-0.15, -0.1) is 0 Å². The van der Waals surface area contributed by atoms with Crippen molar-refractivity contribution in [3.05, 3.63) is 23.9 Å². The van der Waals surface area contributed by atoms with Crippen LogP contribution in [0.15, 0.2) is 23.9 Å². The molecule has 1 saturated heterocycles. The van der Waals surface area contributed by atoms with E-state index in [1.54, 1.807) is 12.2 Å². The molecule has 5 nitrogen and oxygen atoms in total. The molecule has 10 heteroatoms. The van der Waals surface area contributed by atoms with Gasteiger partial charge >= 0.3 is 12.1 Å². The number of amides is 1. The lowest BCUT2D eigenvalue weighted by Crippen LogP contribution is -2.51. The van der Waals surface area contributed by atoms with Crippen molar-refractivity contribution in [1.29, 1.82) is 0 Å². The van der Waals surface area contributed by atoms with Gasteiger partial charge in [0, 0.05) is 42.6 Å². The van der Waals surface area contributed by atoms with Crippen LogP contribution in [0.25, 0.3) is 0 Å². The first kappa shape index (κ1) is 17.1. The number of hydrogen-bond donors (Lipinski definition) is 0. The van der Waals surface area contributed by atoms with Crippen molar-refractivity contribution in [2.45, 2.75) is 17.8 Å². The summed E-state index contributed by atoms with van der Waals surface area (Å²) < 4.78 is 59.4. The molecule has 1 unspecified atom stereocenters. The lowest BCUT2D eigenvalue weighted by atomic mass is 10.1. The van der Waals surface area contributed by atoms with Crippen molar-refractivity contribution < 1.29 is 26.4 Å². The molecule has 0 spiro atoms. The van der Waals surface area contributed by atoms with Crippen molar-refractivity contribution in [1.82, 2.24) is 9.80 Å². The molecular formula is C12H14ClF3N2O3S. The van der Waals surface area contributed by atoms with E-state index in [1.807, 2.05) is 4.90 Å². The first-order valence-electron chi connectivity index (χ1n) is 6.52. The van der Waals surface area contributed by atoms with E-state index >= 15 is 0 Å². The van der Waals surface area contributed by atoms with Crippen molar-refractivity contribution in [3.63, 3.8) is 0 Å². The van der Waals surface area contributed by atoms with Crippen molar-refractivity contribution in [3.8, 4) is 0 Å². The number of carbonyl (C=O) groups excluding carboxylic acids is 1. The Bertz CT molecular complexity index is 608. The van der Waals surface area contributed by atoms with Gasteiger partial charge in [0.25, 0.3) is 0 Å². The average Bonchev–Trinajstić information content (AvgIpc) is 2.45. The summed E-state index contributed by atoms with van der Waals surface area (Å²) in [6.45, 7) is 0.466. The van der Waals surface area contributed by atoms with Crippen molar-refractivity contribution >= 4 is 25.6 Å². The van der Waals surface area contributed by atoms with Gasteiger partial charge in [0.2, 0.25) is 9.05 Å². The predicted octanol–water partition coefficient (Wildman–Crippen LogP) is 1.47. The fourth-order valence-electron chi connectivity index (χ4n) is 2.38. The minimum absolute atomic E-state index is 0.0270. The number of rotatable bonds is 2. The van der Waals surface area contributed by atoms with Gasteiger partial charge in [-0.2, -0.15) is 13.2 Å². The largest absolute Gasteiger partial charge is 0.471 e. The molecule has 22 heavy (non-hydrogen) atoms. The van der Waals surface area contributed by atoms with Crippen LogP contribution in [0.2, 0.25) is 0 Å². The smallest absolute Gasteiger partial charge is 0.368 e. The van der Waals surface area contributed by atoms with E-state index in [1.165, 1.54) is 6.08 Å². The second-order valence-corrected chi connectivity index (χ2v) is 7.86. The first-order valence-corrected chi connectivity index (χ1v) is 8.89. The Balaban J connectivity index is 1.93. The minimum Gasteiger partial charge on any atom is -0.368 e. The molecule has 0 radical (unpaired) electrons. The normalized spacial score (nSPS) is 23.5. The van der Waals surface area contributed by atoms with E-state index in [4.69, 9.17) is 10.7 Å². The summed E-state index contributed by atoms with van der Waals surface area (Å²) in [5.41, 5.74) is 0.732. The molecule has 1 amide bonds. The van der Waals surface area contributed by atoms with E-state index in [-0.39, 0.29) is 32.6 Å². The van der Waals surface area contributed by atoms with E-state index < -0.39 is 26.4 Å². The van der Waals surface area contributed by atoms with Crippen LogP contribution in [0.1, 0.15) is 6.42 Å². The van der Waals surface area contributed by atoms with Gasteiger partial charge in [0.1, 0.15) is 0 Å². The molecule has 1 heterocycles. The molecule has 0 aromatic heterocycles. The number of alkyl halides is 3. The molecule has 2 rings (SSSR count). The Morgan fingerprint density at radius 2 is 1.82 bits per heavy atom. The Kier molecular flexibility index (Phi) is 4.76. The maximum absolute atomic E-state index is 12.3. The third-order valence-corrected chi connectivity index (χ3v) is 5.34. The minimum atomic E-state index is -4.85. The van der Waals surface area contributed by atoms with Crippen LogP contribution >= 0.6 is 10.7 Å². The van der Waals surface area contributed by atoms with Crippen LogP contribution in [-0.4, -0.2) is 61.7 Å². The first-order chi connectivity index (χ1) is 10.1. The Morgan fingerprint density at radius 3 is 2.23 bits per heavy atom. The van der Waals surface area contributed by atoms with Crippen LogP contribution in [0.3, 0.4) is 0 Å². The van der Waals surface area contributed by atoms with Crippen LogP contribution in [-0.2, 0) is 13.8 Å². The lowest BCUT2D eigenvalue weighted by molar-refractivity contribution is -0.186. The second kappa shape index (κ2) is 6.11. The Labute approximate surface area is 130 Å². The van der Waals surface area contributed by atoms with E-state index in [0.717, 1.165) is 10.6 Å². The fourth-order valence-corrected chi connectivity index (χ4v) is 3.37. The third kappa shape index (κ3) is 3.95. The molecular weight excluding hydrogens is 345 g/mol. The monoisotopic (exact) mass is 358 g/mol. The van der Waals surface area contributed by atoms with E-state index in [2.05, 4.69) is 0 Å². The van der Waals surface area contributed by atoms with Crippen molar-refractivity contribution in [2.24, 2.45) is 0 Å². The van der Waals surface area contributed by atoms with E-state index in [9.17, 15) is 26.4 Å². The summed E-state index contributed by atoms with van der Waals surface area (Å²) in [6, 6.07) is 0. The van der Waals surface area contributed by atoms with Gasteiger partial charge in [-0.1, -0.05) is 12.2 Å². The molecule has 0 aromatic carbocycles. The van der Waals surface area contributed by atoms with Gasteiger partial charge in [-0.3, -0.25) is 4.79 Å². The number of halogens is 4. The number of piperazine rings is 1. The highest BCUT2D eigenvalue weighted by Gasteiger charge is 2.43. The molecule has 0 bridgehead atoms. The van der Waals surface area contributed by atoms with Crippen LogP contribution < -0.4 is 0 Å². The SMILES string of the molecule is O=C(N1CCN(C2=CCC(S(=O)(=O)Cl)C=C2)CC1)C(F)(F)F. The Morgan fingerprint density at radius 1 is 1.23 bits per heavy atom. The highest BCUT2D eigenvalue weighted by atomic mass is 35.7. The summed E-state index contributed by atoms with van der Waals surface area (Å²) in [4.78, 5) is 13.7. The predicted molar refractivity (Wildman–Crippen MR) is 74.6 cm³/mol. The summed E-state index contributed by atoms with van der Waals surface area (Å²) >= 11 is 0. The van der Waals surface area contributed by atoms with Crippen LogP contribution in [0.5, 0.6) is 0 Å². The van der Waals surface area contributed by atoms with Crippen LogP contribution in [0.4, 0.5) is 13.2 Å². The third-order valence-electron chi connectivity index (χ3n) is 3.58. The zero-order chi connectivity index (χ0) is 16.5. The standard InChI is InChI=1S/C12H14ClF3N2O3S/c13-22(20,21)10-3-1-9(2-4-10)17-5-7-18(8-6-17)11(19)12(14,15)16/h1-3,10H,4-8H2. The van der Waals surface area contributed by atoms with Gasteiger partial charge in [0.15, 0.2) is 0 Å². The summed E-state index contributed by atoms with van der Waals surface area (Å²) in [5.74, 6) is -1.83. The highest BCUT2D eigenvalue weighted by Crippen LogP contribution is 2.24. The zero-order valence-corrected chi connectivity index (χ0v) is 13.0. The quantitative estimate of drug-likeness (QED) is 0.702. The van der Waals surface area contributed by atoms with Crippen molar-refractivity contribution in [2.75, 3.05) is 26.2 Å². The lowest BCUT2D eigenvalue weighted by Gasteiger charge is -2.37. The van der Waals surface area contributed by atoms with Gasteiger partial charge in [-0.05, 0) is 12.5 Å². The summed E-state index contributed by atoms with van der Waals surface area (Å²) in [7, 11) is 1.60.